The van der Waals surface area contributed by atoms with Crippen LogP contribution in [-0.2, 0) is 0 Å². The van der Waals surface area contributed by atoms with E-state index in [-0.39, 0.29) is 6.17 Å². The summed E-state index contributed by atoms with van der Waals surface area (Å²) in [4.78, 5) is 12.7. The molecule has 7 nitrogen and oxygen atoms in total. The fourth-order valence-electron chi connectivity index (χ4n) is 2.33. The Labute approximate surface area is 114 Å². The smallest absolute Gasteiger partial charge is 0.196 e. The van der Waals surface area contributed by atoms with Crippen LogP contribution in [-0.4, -0.2) is 25.7 Å². The molecule has 0 saturated carbocycles. The zero-order valence-electron chi connectivity index (χ0n) is 10.4. The Hall–Kier alpha value is -2.96. The lowest BCUT2D eigenvalue weighted by Crippen LogP contribution is -2.31. The van der Waals surface area contributed by atoms with E-state index in [4.69, 9.17) is 5.73 Å². The Morgan fingerprint density at radius 2 is 2.00 bits per heavy atom. The number of aliphatic imine (C=N–C) groups is 1. The topological polar surface area (TPSA) is 94.0 Å². The zero-order valence-corrected chi connectivity index (χ0v) is 10.4. The van der Waals surface area contributed by atoms with E-state index >= 15 is 0 Å². The van der Waals surface area contributed by atoms with Gasteiger partial charge in [-0.15, -0.1) is 5.10 Å². The summed E-state index contributed by atoms with van der Waals surface area (Å²) in [7, 11) is 0. The molecule has 0 spiro atoms. The maximum atomic E-state index is 5.89. The lowest BCUT2D eigenvalue weighted by atomic mass is 10.2. The summed E-state index contributed by atoms with van der Waals surface area (Å²) in [5, 5.41) is 8.48. The third kappa shape index (κ3) is 1.53. The first-order chi connectivity index (χ1) is 9.83. The van der Waals surface area contributed by atoms with Gasteiger partial charge in [-0.25, -0.2) is 14.7 Å². The average molecular weight is 265 g/mol. The summed E-state index contributed by atoms with van der Waals surface area (Å²) < 4.78 is 1.80. The highest BCUT2D eigenvalue weighted by molar-refractivity contribution is 6.00. The van der Waals surface area contributed by atoms with Crippen molar-refractivity contribution in [3.63, 3.8) is 0 Å². The quantitative estimate of drug-likeness (QED) is 0.687. The molecule has 0 fully saturated rings. The molecule has 7 heteroatoms. The molecule has 1 aliphatic rings. The highest BCUT2D eigenvalue weighted by Crippen LogP contribution is 2.31. The van der Waals surface area contributed by atoms with Crippen molar-refractivity contribution in [1.29, 1.82) is 0 Å². The Balaban J connectivity index is 1.96. The molecule has 0 radical (unpaired) electrons. The molecule has 3 aromatic rings. The summed E-state index contributed by atoms with van der Waals surface area (Å²) in [6.45, 7) is 0. The number of nitrogens with two attached hydrogens (primary N) is 1. The van der Waals surface area contributed by atoms with Gasteiger partial charge in [0.1, 0.15) is 5.82 Å². The van der Waals surface area contributed by atoms with Crippen LogP contribution in [0.3, 0.4) is 0 Å². The number of pyridine rings is 2. The van der Waals surface area contributed by atoms with E-state index in [0.717, 1.165) is 16.8 Å². The van der Waals surface area contributed by atoms with Crippen molar-refractivity contribution in [3.05, 3.63) is 48.4 Å². The fourth-order valence-corrected chi connectivity index (χ4v) is 2.33. The maximum absolute atomic E-state index is 5.89. The Morgan fingerprint density at radius 1 is 1.15 bits per heavy atom. The van der Waals surface area contributed by atoms with E-state index in [9.17, 15) is 0 Å². The molecular formula is C13H11N7. The van der Waals surface area contributed by atoms with Crippen LogP contribution in [0, 0.1) is 0 Å². The van der Waals surface area contributed by atoms with Crippen LogP contribution < -0.4 is 11.1 Å². The predicted molar refractivity (Wildman–Crippen MR) is 75.1 cm³/mol. The van der Waals surface area contributed by atoms with Gasteiger partial charge >= 0.3 is 0 Å². The summed E-state index contributed by atoms with van der Waals surface area (Å²) in [5.74, 6) is 1.17. The highest BCUT2D eigenvalue weighted by Gasteiger charge is 2.25. The second-order valence-electron chi connectivity index (χ2n) is 4.46. The van der Waals surface area contributed by atoms with Crippen molar-refractivity contribution in [2.24, 2.45) is 10.7 Å². The molecule has 0 amide bonds. The van der Waals surface area contributed by atoms with Crippen molar-refractivity contribution in [2.45, 2.75) is 6.17 Å². The standard InChI is InChI=1S/C13H11N7/c14-13-17-11(8-3-6-15-7-4-8)20-12(18-13)9-2-1-5-16-10(9)19-20/h1-7,11H,(H3,14,17,18)/t11-/m0/s1. The lowest BCUT2D eigenvalue weighted by Gasteiger charge is -2.22. The van der Waals surface area contributed by atoms with Crippen LogP contribution in [0.4, 0.5) is 5.82 Å². The van der Waals surface area contributed by atoms with Gasteiger partial charge < -0.3 is 11.1 Å². The molecule has 4 rings (SSSR count). The minimum absolute atomic E-state index is 0.302. The van der Waals surface area contributed by atoms with E-state index in [1.54, 1.807) is 23.3 Å². The highest BCUT2D eigenvalue weighted by atomic mass is 15.4. The summed E-state index contributed by atoms with van der Waals surface area (Å²) >= 11 is 0. The van der Waals surface area contributed by atoms with E-state index < -0.39 is 0 Å². The van der Waals surface area contributed by atoms with Crippen LogP contribution in [0.2, 0.25) is 0 Å². The number of nitrogens with one attached hydrogen (secondary N) is 1. The SMILES string of the molecule is NC1=N[C@H](c2ccncc2)n2nc3ncccc3c2N1. The normalized spacial score (nSPS) is 17.4. The molecule has 4 heterocycles. The van der Waals surface area contributed by atoms with Gasteiger partial charge in [0.2, 0.25) is 0 Å². The van der Waals surface area contributed by atoms with Gasteiger partial charge in [-0.05, 0) is 24.3 Å². The van der Waals surface area contributed by atoms with Crippen LogP contribution in [0.15, 0.2) is 47.8 Å². The average Bonchev–Trinajstić information content (AvgIpc) is 2.86. The molecular weight excluding hydrogens is 254 g/mol. The summed E-state index contributed by atoms with van der Waals surface area (Å²) in [6, 6.07) is 7.62. The minimum atomic E-state index is -0.302. The van der Waals surface area contributed by atoms with E-state index in [1.807, 2.05) is 24.3 Å². The zero-order chi connectivity index (χ0) is 13.5. The van der Waals surface area contributed by atoms with Gasteiger partial charge in [0, 0.05) is 24.2 Å². The van der Waals surface area contributed by atoms with Crippen LogP contribution in [0.1, 0.15) is 11.7 Å². The van der Waals surface area contributed by atoms with Crippen molar-refractivity contribution >= 4 is 22.8 Å². The molecule has 3 aromatic heterocycles. The van der Waals surface area contributed by atoms with Crippen molar-refractivity contribution in [2.75, 3.05) is 5.32 Å². The number of aromatic nitrogens is 4. The molecule has 0 aromatic carbocycles. The van der Waals surface area contributed by atoms with Crippen molar-refractivity contribution < 1.29 is 0 Å². The van der Waals surface area contributed by atoms with Gasteiger partial charge in [-0.1, -0.05) is 0 Å². The molecule has 1 aliphatic heterocycles. The number of nitrogens with zero attached hydrogens (tertiary/aromatic N) is 5. The van der Waals surface area contributed by atoms with E-state index in [0.29, 0.717) is 11.6 Å². The van der Waals surface area contributed by atoms with Crippen molar-refractivity contribution in [3.8, 4) is 0 Å². The molecule has 20 heavy (non-hydrogen) atoms. The van der Waals surface area contributed by atoms with E-state index in [1.165, 1.54) is 0 Å². The van der Waals surface area contributed by atoms with Crippen LogP contribution in [0.25, 0.3) is 11.0 Å². The maximum Gasteiger partial charge on any atom is 0.196 e. The number of hydrogen-bond donors (Lipinski definition) is 2. The van der Waals surface area contributed by atoms with Gasteiger partial charge in [0.05, 0.1) is 5.39 Å². The van der Waals surface area contributed by atoms with Crippen molar-refractivity contribution in [1.82, 2.24) is 19.7 Å². The number of anilines is 1. The number of fused-ring (bicyclic) bond motifs is 3. The first-order valence-corrected chi connectivity index (χ1v) is 6.16. The lowest BCUT2D eigenvalue weighted by molar-refractivity contribution is 0.546. The molecule has 0 aliphatic carbocycles. The second kappa shape index (κ2) is 4.02. The van der Waals surface area contributed by atoms with Crippen LogP contribution >= 0.6 is 0 Å². The second-order valence-corrected chi connectivity index (χ2v) is 4.46. The molecule has 0 bridgehead atoms. The molecule has 0 unspecified atom stereocenters. The largest absolute Gasteiger partial charge is 0.370 e. The number of guanidine groups is 1. The first-order valence-electron chi connectivity index (χ1n) is 6.16. The third-order valence-electron chi connectivity index (χ3n) is 3.22. The first kappa shape index (κ1) is 10.9. The van der Waals surface area contributed by atoms with Gasteiger partial charge in [-0.3, -0.25) is 4.98 Å². The molecule has 98 valence electrons. The molecule has 0 saturated heterocycles. The molecule has 1 atom stereocenters. The Kier molecular flexibility index (Phi) is 2.19. The van der Waals surface area contributed by atoms with E-state index in [2.05, 4.69) is 25.4 Å². The number of rotatable bonds is 1. The monoisotopic (exact) mass is 265 g/mol. The van der Waals surface area contributed by atoms with Gasteiger partial charge in [0.15, 0.2) is 17.8 Å². The Morgan fingerprint density at radius 3 is 2.85 bits per heavy atom. The van der Waals surface area contributed by atoms with Gasteiger partial charge in [0.25, 0.3) is 0 Å². The molecule has 3 N–H and O–H groups in total. The fraction of sp³-hybridized carbons (Fsp3) is 0.0769. The Bertz CT molecular complexity index is 806. The third-order valence-corrected chi connectivity index (χ3v) is 3.22. The summed E-state index contributed by atoms with van der Waals surface area (Å²) in [6.07, 6.45) is 4.87. The van der Waals surface area contributed by atoms with Crippen LogP contribution in [0.5, 0.6) is 0 Å². The summed E-state index contributed by atoms with van der Waals surface area (Å²) in [5.41, 5.74) is 7.53. The minimum Gasteiger partial charge on any atom is -0.370 e. The van der Waals surface area contributed by atoms with Gasteiger partial charge in [-0.2, -0.15) is 0 Å². The predicted octanol–water partition coefficient (Wildman–Crippen LogP) is 1.11. The number of hydrogen-bond acceptors (Lipinski definition) is 6.